The second-order valence-corrected chi connectivity index (χ2v) is 6.84. The molecule has 0 saturated carbocycles. The second-order valence-electron chi connectivity index (χ2n) is 5.79. The zero-order chi connectivity index (χ0) is 17.9. The van der Waals surface area contributed by atoms with E-state index in [0.29, 0.717) is 12.2 Å². The summed E-state index contributed by atoms with van der Waals surface area (Å²) in [5.74, 6) is 1.66. The van der Waals surface area contributed by atoms with Crippen LogP contribution in [0.1, 0.15) is 49.9 Å². The lowest BCUT2D eigenvalue weighted by Gasteiger charge is -2.07. The quantitative estimate of drug-likeness (QED) is 0.387. The normalized spacial score (nSPS) is 10.5. The Morgan fingerprint density at radius 1 is 0.800 bits per heavy atom. The molecule has 3 nitrogen and oxygen atoms in total. The smallest absolute Gasteiger partial charge is 0.224 e. The number of carbonyl (C=O) groups excluding carboxylic acids is 1. The van der Waals surface area contributed by atoms with E-state index in [1.807, 2.05) is 48.5 Å². The zero-order valence-corrected chi connectivity index (χ0v) is 15.8. The van der Waals surface area contributed by atoms with Gasteiger partial charge in [0.1, 0.15) is 11.5 Å². The third kappa shape index (κ3) is 6.83. The molecule has 0 aliphatic heterocycles. The van der Waals surface area contributed by atoms with Crippen molar-refractivity contribution >= 4 is 16.9 Å². The molecule has 2 rings (SSSR count). The van der Waals surface area contributed by atoms with E-state index in [0.717, 1.165) is 48.7 Å². The van der Waals surface area contributed by atoms with Crippen LogP contribution in [0.15, 0.2) is 53.4 Å². The second kappa shape index (κ2) is 10.8. The predicted octanol–water partition coefficient (Wildman–Crippen LogP) is 5.98. The summed E-state index contributed by atoms with van der Waals surface area (Å²) in [6.07, 6.45) is 4.31. The van der Waals surface area contributed by atoms with E-state index in [4.69, 9.17) is 9.47 Å². The van der Waals surface area contributed by atoms with E-state index >= 15 is 0 Å². The molecule has 2 aromatic rings. The first-order valence-electron chi connectivity index (χ1n) is 8.90. The number of hydrogen-bond donors (Lipinski definition) is 0. The van der Waals surface area contributed by atoms with Gasteiger partial charge in [-0.25, -0.2) is 0 Å². The zero-order valence-electron chi connectivity index (χ0n) is 15.0. The maximum atomic E-state index is 12.4. The Morgan fingerprint density at radius 3 is 1.76 bits per heavy atom. The highest BCUT2D eigenvalue weighted by Gasteiger charge is 2.08. The summed E-state index contributed by atoms with van der Waals surface area (Å²) in [6, 6.07) is 15.0. The summed E-state index contributed by atoms with van der Waals surface area (Å²) in [6.45, 7) is 5.71. The van der Waals surface area contributed by atoms with Crippen LogP contribution >= 0.6 is 11.8 Å². The summed E-state index contributed by atoms with van der Waals surface area (Å²) in [5.41, 5.74) is 0.677. The summed E-state index contributed by atoms with van der Waals surface area (Å²) in [7, 11) is 0. The number of thioether (sulfide) groups is 1. The first-order chi connectivity index (χ1) is 12.2. The monoisotopic (exact) mass is 358 g/mol. The molecule has 2 aromatic carbocycles. The summed E-state index contributed by atoms with van der Waals surface area (Å²) >= 11 is 1.23. The largest absolute Gasteiger partial charge is 0.494 e. The van der Waals surface area contributed by atoms with E-state index in [9.17, 15) is 4.79 Å². The first kappa shape index (κ1) is 19.4. The van der Waals surface area contributed by atoms with Crippen LogP contribution in [-0.2, 0) is 0 Å². The number of hydrogen-bond acceptors (Lipinski definition) is 4. The number of ether oxygens (including phenoxy) is 2. The van der Waals surface area contributed by atoms with Crippen molar-refractivity contribution in [3.8, 4) is 11.5 Å². The third-order valence-electron chi connectivity index (χ3n) is 3.66. The van der Waals surface area contributed by atoms with Crippen molar-refractivity contribution in [3.05, 3.63) is 54.1 Å². The van der Waals surface area contributed by atoms with Gasteiger partial charge in [-0.1, -0.05) is 26.7 Å². The minimum absolute atomic E-state index is 0.0276. The van der Waals surface area contributed by atoms with Crippen LogP contribution in [0.5, 0.6) is 11.5 Å². The van der Waals surface area contributed by atoms with E-state index in [2.05, 4.69) is 13.8 Å². The highest BCUT2D eigenvalue weighted by atomic mass is 32.2. The lowest BCUT2D eigenvalue weighted by molar-refractivity contribution is 0.108. The molecule has 134 valence electrons. The Balaban J connectivity index is 1.86. The van der Waals surface area contributed by atoms with E-state index < -0.39 is 0 Å². The average molecular weight is 359 g/mol. The molecule has 0 unspecified atom stereocenters. The van der Waals surface area contributed by atoms with Crippen molar-refractivity contribution in [1.29, 1.82) is 0 Å². The average Bonchev–Trinajstić information content (AvgIpc) is 2.64. The lowest BCUT2D eigenvalue weighted by Crippen LogP contribution is -1.98. The highest BCUT2D eigenvalue weighted by molar-refractivity contribution is 8.14. The van der Waals surface area contributed by atoms with Gasteiger partial charge in [-0.2, -0.15) is 0 Å². The van der Waals surface area contributed by atoms with Crippen LogP contribution in [-0.4, -0.2) is 18.3 Å². The summed E-state index contributed by atoms with van der Waals surface area (Å²) in [4.78, 5) is 13.3. The molecule has 0 atom stereocenters. The lowest BCUT2D eigenvalue weighted by atomic mass is 10.2. The first-order valence-corrected chi connectivity index (χ1v) is 9.72. The Kier molecular flexibility index (Phi) is 8.40. The van der Waals surface area contributed by atoms with E-state index in [1.165, 1.54) is 11.8 Å². The summed E-state index contributed by atoms with van der Waals surface area (Å²) < 4.78 is 11.3. The van der Waals surface area contributed by atoms with E-state index in [-0.39, 0.29) is 5.12 Å². The molecule has 0 bridgehead atoms. The van der Waals surface area contributed by atoms with Gasteiger partial charge in [0.2, 0.25) is 5.12 Å². The molecule has 25 heavy (non-hydrogen) atoms. The van der Waals surface area contributed by atoms with Gasteiger partial charge in [-0.05, 0) is 73.1 Å². The molecular formula is C21H26O3S. The fourth-order valence-corrected chi connectivity index (χ4v) is 2.87. The molecule has 0 aliphatic rings. The number of rotatable bonds is 10. The van der Waals surface area contributed by atoms with Crippen molar-refractivity contribution in [3.63, 3.8) is 0 Å². The Morgan fingerprint density at radius 2 is 1.28 bits per heavy atom. The van der Waals surface area contributed by atoms with Crippen LogP contribution in [0.25, 0.3) is 0 Å². The molecule has 0 aliphatic carbocycles. The Bertz CT molecular complexity index is 635. The molecule has 0 fully saturated rings. The standard InChI is InChI=1S/C21H26O3S/c1-3-5-15-23-18-9-7-17(8-10-18)21(22)25-20-13-11-19(12-14-20)24-16-6-4-2/h7-14H,3-6,15-16H2,1-2H3. The minimum atomic E-state index is 0.0276. The molecule has 0 saturated heterocycles. The van der Waals surface area contributed by atoms with Gasteiger partial charge in [-0.3, -0.25) is 4.79 Å². The highest BCUT2D eigenvalue weighted by Crippen LogP contribution is 2.26. The maximum absolute atomic E-state index is 12.4. The van der Waals surface area contributed by atoms with Crippen molar-refractivity contribution in [1.82, 2.24) is 0 Å². The van der Waals surface area contributed by atoms with Gasteiger partial charge in [0.05, 0.1) is 13.2 Å². The van der Waals surface area contributed by atoms with Crippen LogP contribution in [0.3, 0.4) is 0 Å². The fraction of sp³-hybridized carbons (Fsp3) is 0.381. The number of carbonyl (C=O) groups is 1. The van der Waals surface area contributed by atoms with Gasteiger partial charge >= 0.3 is 0 Å². The van der Waals surface area contributed by atoms with Gasteiger partial charge < -0.3 is 9.47 Å². The fourth-order valence-electron chi connectivity index (χ4n) is 2.13. The molecule has 0 radical (unpaired) electrons. The Hall–Kier alpha value is -1.94. The van der Waals surface area contributed by atoms with Gasteiger partial charge in [0.25, 0.3) is 0 Å². The van der Waals surface area contributed by atoms with Crippen molar-refractivity contribution in [2.75, 3.05) is 13.2 Å². The molecule has 0 amide bonds. The van der Waals surface area contributed by atoms with Crippen LogP contribution in [0, 0.1) is 0 Å². The van der Waals surface area contributed by atoms with Crippen molar-refractivity contribution < 1.29 is 14.3 Å². The SMILES string of the molecule is CCCCOc1ccc(SC(=O)c2ccc(OCCCC)cc2)cc1. The Labute approximate surface area is 154 Å². The van der Waals surface area contributed by atoms with Crippen molar-refractivity contribution in [2.24, 2.45) is 0 Å². The minimum Gasteiger partial charge on any atom is -0.494 e. The maximum Gasteiger partial charge on any atom is 0.224 e. The molecule has 0 aromatic heterocycles. The van der Waals surface area contributed by atoms with Crippen molar-refractivity contribution in [2.45, 2.75) is 44.4 Å². The molecule has 4 heteroatoms. The van der Waals surface area contributed by atoms with Gasteiger partial charge in [0.15, 0.2) is 0 Å². The third-order valence-corrected chi connectivity index (χ3v) is 4.59. The van der Waals surface area contributed by atoms with E-state index in [1.54, 1.807) is 0 Å². The molecular weight excluding hydrogens is 332 g/mol. The predicted molar refractivity (Wildman–Crippen MR) is 104 cm³/mol. The topological polar surface area (TPSA) is 35.5 Å². The molecule has 0 N–H and O–H groups in total. The molecule has 0 spiro atoms. The number of benzene rings is 2. The summed E-state index contributed by atoms with van der Waals surface area (Å²) in [5, 5.41) is 0.0276. The number of unbranched alkanes of at least 4 members (excludes halogenated alkanes) is 2. The van der Waals surface area contributed by atoms with Crippen LogP contribution in [0.2, 0.25) is 0 Å². The van der Waals surface area contributed by atoms with Gasteiger partial charge in [0, 0.05) is 10.5 Å². The van der Waals surface area contributed by atoms with Crippen LogP contribution < -0.4 is 9.47 Å². The molecule has 0 heterocycles. The van der Waals surface area contributed by atoms with Gasteiger partial charge in [-0.15, -0.1) is 0 Å². The van der Waals surface area contributed by atoms with Crippen LogP contribution in [0.4, 0.5) is 0 Å².